The zero-order chi connectivity index (χ0) is 6.95. The maximum absolute atomic E-state index is 4.35. The molecule has 0 heterocycles. The molecule has 0 fully saturated rings. The molecule has 1 nitrogen and oxygen atoms in total. The Morgan fingerprint density at radius 3 is 1.60 bits per heavy atom. The van der Waals surface area contributed by atoms with E-state index in [4.69, 9.17) is 0 Å². The fraction of sp³-hybridized carbons (Fsp3) is 1.00. The van der Waals surface area contributed by atoms with Crippen LogP contribution in [-0.2, 0) is 0 Å². The summed E-state index contributed by atoms with van der Waals surface area (Å²) in [6.45, 7) is 6.57. The first-order chi connectivity index (χ1) is 4.41. The number of nitrogens with zero attached hydrogens (tertiary/aromatic N) is 1. The van der Waals surface area contributed by atoms with Crippen LogP contribution in [0.15, 0.2) is 0 Å². The molecule has 0 unspecified atom stereocenters. The van der Waals surface area contributed by atoms with E-state index in [-0.39, 0.29) is 18.9 Å². The van der Waals surface area contributed by atoms with Gasteiger partial charge in [0.15, 0.2) is 0 Å². The van der Waals surface area contributed by atoms with Crippen molar-refractivity contribution in [1.82, 2.24) is 0 Å². The smallest absolute Gasteiger partial charge is 0.662 e. The summed E-state index contributed by atoms with van der Waals surface area (Å²) in [6, 6.07) is 0. The average Bonchev–Trinajstić information content (AvgIpc) is 1.89. The third kappa shape index (κ3) is 11.4. The fourth-order valence-corrected chi connectivity index (χ4v) is 0.652. The van der Waals surface area contributed by atoms with Crippen molar-refractivity contribution in [2.24, 2.45) is 0 Å². The molecule has 0 bridgehead atoms. The molecule has 56 valence electrons. The van der Waals surface area contributed by atoms with Crippen molar-refractivity contribution < 1.29 is 18.9 Å². The van der Waals surface area contributed by atoms with E-state index in [2.05, 4.69) is 19.2 Å². The van der Waals surface area contributed by atoms with Gasteiger partial charge in [0, 0.05) is 0 Å². The van der Waals surface area contributed by atoms with E-state index < -0.39 is 0 Å². The number of hydrogen-bond acceptors (Lipinski definition) is 0. The Bertz CT molecular complexity index is 42.5. The van der Waals surface area contributed by atoms with Gasteiger partial charge < -0.3 is 5.32 Å². The molecule has 0 atom stereocenters. The van der Waals surface area contributed by atoms with Crippen LogP contribution < -0.4 is 18.9 Å². The van der Waals surface area contributed by atoms with Gasteiger partial charge in [0.2, 0.25) is 0 Å². The maximum atomic E-state index is 4.35. The molecular formula is C8H18LiN. The van der Waals surface area contributed by atoms with E-state index >= 15 is 0 Å². The minimum Gasteiger partial charge on any atom is -0.662 e. The van der Waals surface area contributed by atoms with E-state index in [0.29, 0.717) is 0 Å². The maximum Gasteiger partial charge on any atom is 1.00 e. The Hall–Kier alpha value is 0.557. The van der Waals surface area contributed by atoms with Gasteiger partial charge in [0.25, 0.3) is 0 Å². The van der Waals surface area contributed by atoms with Crippen LogP contribution in [0.1, 0.15) is 39.5 Å². The van der Waals surface area contributed by atoms with Crippen LogP contribution in [0.2, 0.25) is 0 Å². The van der Waals surface area contributed by atoms with Crippen molar-refractivity contribution in [2.45, 2.75) is 39.5 Å². The molecule has 0 N–H and O–H groups in total. The van der Waals surface area contributed by atoms with Gasteiger partial charge in [-0.15, -0.1) is 13.1 Å². The van der Waals surface area contributed by atoms with Gasteiger partial charge >= 0.3 is 18.9 Å². The van der Waals surface area contributed by atoms with Gasteiger partial charge in [0.05, 0.1) is 0 Å². The monoisotopic (exact) mass is 135 g/mol. The molecular weight excluding hydrogens is 117 g/mol. The summed E-state index contributed by atoms with van der Waals surface area (Å²) < 4.78 is 0. The summed E-state index contributed by atoms with van der Waals surface area (Å²) in [4.78, 5) is 0. The van der Waals surface area contributed by atoms with Crippen LogP contribution in [0.4, 0.5) is 0 Å². The van der Waals surface area contributed by atoms with E-state index in [0.717, 1.165) is 13.1 Å². The van der Waals surface area contributed by atoms with E-state index in [1.165, 1.54) is 25.7 Å². The second-order valence-electron chi connectivity index (χ2n) is 2.38. The Morgan fingerprint density at radius 2 is 1.30 bits per heavy atom. The fourth-order valence-electron chi connectivity index (χ4n) is 0.652. The predicted octanol–water partition coefficient (Wildman–Crippen LogP) is -0.0357. The predicted molar refractivity (Wildman–Crippen MR) is 42.9 cm³/mol. The van der Waals surface area contributed by atoms with Crippen molar-refractivity contribution in [3.63, 3.8) is 0 Å². The summed E-state index contributed by atoms with van der Waals surface area (Å²) in [5, 5.41) is 4.35. The van der Waals surface area contributed by atoms with Gasteiger partial charge in [-0.3, -0.25) is 0 Å². The van der Waals surface area contributed by atoms with Crippen molar-refractivity contribution in [2.75, 3.05) is 13.1 Å². The van der Waals surface area contributed by atoms with Gasteiger partial charge in [0.1, 0.15) is 0 Å². The van der Waals surface area contributed by atoms with Crippen molar-refractivity contribution in [1.29, 1.82) is 0 Å². The summed E-state index contributed by atoms with van der Waals surface area (Å²) in [7, 11) is 0. The third-order valence-electron chi connectivity index (χ3n) is 1.34. The molecule has 0 rings (SSSR count). The quantitative estimate of drug-likeness (QED) is 0.358. The molecule has 0 aliphatic carbocycles. The van der Waals surface area contributed by atoms with Gasteiger partial charge in [-0.2, -0.15) is 0 Å². The summed E-state index contributed by atoms with van der Waals surface area (Å²) in [5.74, 6) is 0. The summed E-state index contributed by atoms with van der Waals surface area (Å²) in [6.07, 6.45) is 5.08. The SMILES string of the molecule is CCCC[N-]CCCC.[Li+]. The molecule has 0 radical (unpaired) electrons. The minimum absolute atomic E-state index is 0. The van der Waals surface area contributed by atoms with Crippen LogP contribution in [0.3, 0.4) is 0 Å². The second-order valence-corrected chi connectivity index (χ2v) is 2.38. The molecule has 2 heteroatoms. The molecule has 10 heavy (non-hydrogen) atoms. The Kier molecular flexibility index (Phi) is 16.1. The molecule has 0 aliphatic rings. The first-order valence-electron chi connectivity index (χ1n) is 4.05. The Morgan fingerprint density at radius 1 is 0.900 bits per heavy atom. The Labute approximate surface area is 77.1 Å². The van der Waals surface area contributed by atoms with Crippen molar-refractivity contribution in [3.8, 4) is 0 Å². The van der Waals surface area contributed by atoms with Gasteiger partial charge in [-0.25, -0.2) is 0 Å². The number of unbranched alkanes of at least 4 members (excludes halogenated alkanes) is 2. The molecule has 0 aromatic heterocycles. The van der Waals surface area contributed by atoms with Gasteiger partial charge in [-0.05, 0) is 0 Å². The van der Waals surface area contributed by atoms with E-state index in [1.807, 2.05) is 0 Å². The zero-order valence-corrected chi connectivity index (χ0v) is 7.69. The second kappa shape index (κ2) is 12.3. The molecule has 0 saturated heterocycles. The summed E-state index contributed by atoms with van der Waals surface area (Å²) >= 11 is 0. The molecule has 0 aromatic rings. The van der Waals surface area contributed by atoms with Crippen LogP contribution in [0.5, 0.6) is 0 Å². The molecule has 0 amide bonds. The van der Waals surface area contributed by atoms with Crippen molar-refractivity contribution >= 4 is 0 Å². The minimum atomic E-state index is 0. The van der Waals surface area contributed by atoms with Crippen molar-refractivity contribution in [3.05, 3.63) is 5.32 Å². The standard InChI is InChI=1S/C8H18N.Li/c1-3-5-7-9-8-6-4-2;/h3-8H2,1-2H3;/q-1;+1. The third-order valence-corrected chi connectivity index (χ3v) is 1.34. The molecule has 0 aliphatic heterocycles. The molecule has 0 saturated carbocycles. The average molecular weight is 135 g/mol. The van der Waals surface area contributed by atoms with Crippen LogP contribution in [0, 0.1) is 0 Å². The van der Waals surface area contributed by atoms with Crippen LogP contribution >= 0.6 is 0 Å². The largest absolute Gasteiger partial charge is 1.00 e. The normalized spacial score (nSPS) is 9.00. The first kappa shape index (κ1) is 13.2. The van der Waals surface area contributed by atoms with Gasteiger partial charge in [-0.1, -0.05) is 39.5 Å². The number of hydrogen-bond donors (Lipinski definition) is 0. The van der Waals surface area contributed by atoms with E-state index in [9.17, 15) is 0 Å². The first-order valence-corrected chi connectivity index (χ1v) is 4.05. The van der Waals surface area contributed by atoms with Crippen LogP contribution in [-0.4, -0.2) is 13.1 Å². The topological polar surface area (TPSA) is 14.1 Å². The molecule has 0 spiro atoms. The summed E-state index contributed by atoms with van der Waals surface area (Å²) in [5.41, 5.74) is 0. The van der Waals surface area contributed by atoms with Crippen LogP contribution in [0.25, 0.3) is 5.32 Å². The van der Waals surface area contributed by atoms with E-state index in [1.54, 1.807) is 0 Å². The zero-order valence-electron chi connectivity index (χ0n) is 7.69. The Balaban J connectivity index is 0. The number of rotatable bonds is 6. The molecule has 0 aromatic carbocycles.